The van der Waals surface area contributed by atoms with Crippen molar-refractivity contribution in [2.75, 3.05) is 5.33 Å². The van der Waals surface area contributed by atoms with Crippen LogP contribution < -0.4 is 5.32 Å². The third-order valence-corrected chi connectivity index (χ3v) is 3.21. The number of amides is 2. The van der Waals surface area contributed by atoms with E-state index in [1.807, 2.05) is 18.2 Å². The largest absolute Gasteiger partial charge is 0.295 e. The lowest BCUT2D eigenvalue weighted by Gasteiger charge is -2.27. The Hall–Kier alpha value is -0.900. The Balaban J connectivity index is 2.42. The van der Waals surface area contributed by atoms with Gasteiger partial charge in [-0.1, -0.05) is 40.2 Å². The van der Waals surface area contributed by atoms with Gasteiger partial charge >= 0.3 is 0 Å². The van der Waals surface area contributed by atoms with E-state index in [0.29, 0.717) is 11.8 Å². The Morgan fingerprint density at radius 3 is 2.93 bits per heavy atom. The van der Waals surface area contributed by atoms with Crippen molar-refractivity contribution in [3.63, 3.8) is 0 Å². The molecule has 1 saturated heterocycles. The molecular weight excluding hydrogens is 246 g/mol. The predicted octanol–water partition coefficient (Wildman–Crippen LogP) is 1.16. The summed E-state index contributed by atoms with van der Waals surface area (Å²) in [6.07, 6.45) is 7.92. The van der Waals surface area contributed by atoms with Gasteiger partial charge in [0.1, 0.15) is 0 Å². The fourth-order valence-electron chi connectivity index (χ4n) is 2.03. The van der Waals surface area contributed by atoms with Gasteiger partial charge in [-0.3, -0.25) is 14.9 Å². The molecule has 4 heteroatoms. The highest BCUT2D eigenvalue weighted by Gasteiger charge is 2.52. The molecule has 0 radical (unpaired) electrons. The molecule has 0 aromatic heterocycles. The van der Waals surface area contributed by atoms with Gasteiger partial charge in [0.2, 0.25) is 11.8 Å². The second-order valence-corrected chi connectivity index (χ2v) is 4.31. The van der Waals surface area contributed by atoms with Crippen molar-refractivity contribution in [2.45, 2.75) is 6.42 Å². The Morgan fingerprint density at radius 2 is 2.21 bits per heavy atom. The highest BCUT2D eigenvalue weighted by molar-refractivity contribution is 9.09. The van der Waals surface area contributed by atoms with E-state index < -0.39 is 5.41 Å². The van der Waals surface area contributed by atoms with Crippen LogP contribution in [0.1, 0.15) is 6.42 Å². The maximum atomic E-state index is 11.7. The first kappa shape index (κ1) is 9.65. The Bertz CT molecular complexity index is 348. The summed E-state index contributed by atoms with van der Waals surface area (Å²) in [4.78, 5) is 23.2. The van der Waals surface area contributed by atoms with E-state index in [2.05, 4.69) is 21.2 Å². The van der Waals surface area contributed by atoms with Crippen LogP contribution in [0.2, 0.25) is 0 Å². The van der Waals surface area contributed by atoms with Crippen LogP contribution in [0.15, 0.2) is 24.3 Å². The Kier molecular flexibility index (Phi) is 2.31. The Morgan fingerprint density at radius 1 is 1.43 bits per heavy atom. The van der Waals surface area contributed by atoms with E-state index in [-0.39, 0.29) is 17.7 Å². The lowest BCUT2D eigenvalue weighted by Crippen LogP contribution is -2.34. The van der Waals surface area contributed by atoms with Gasteiger partial charge in [-0.25, -0.2) is 0 Å². The minimum absolute atomic E-state index is 0.174. The van der Waals surface area contributed by atoms with Crippen molar-refractivity contribution in [3.05, 3.63) is 24.3 Å². The first-order chi connectivity index (χ1) is 6.70. The van der Waals surface area contributed by atoms with Gasteiger partial charge in [0, 0.05) is 5.33 Å². The van der Waals surface area contributed by atoms with Gasteiger partial charge in [-0.2, -0.15) is 0 Å². The molecule has 2 atom stereocenters. The van der Waals surface area contributed by atoms with E-state index in [0.717, 1.165) is 0 Å². The van der Waals surface area contributed by atoms with E-state index in [4.69, 9.17) is 0 Å². The molecular formula is C10H10BrNO2. The zero-order valence-corrected chi connectivity index (χ0v) is 9.08. The number of imide groups is 1. The second kappa shape index (κ2) is 3.35. The zero-order valence-electron chi connectivity index (χ0n) is 7.50. The minimum atomic E-state index is -0.644. The van der Waals surface area contributed by atoms with Crippen LogP contribution in [0.4, 0.5) is 0 Å². The molecule has 1 aliphatic heterocycles. The third kappa shape index (κ3) is 1.17. The molecule has 2 aliphatic rings. The Labute approximate surface area is 90.4 Å². The molecule has 0 aromatic carbocycles. The normalized spacial score (nSPS) is 34.5. The maximum absolute atomic E-state index is 11.7. The van der Waals surface area contributed by atoms with Crippen molar-refractivity contribution >= 4 is 27.7 Å². The number of rotatable bonds is 2. The quantitative estimate of drug-likeness (QED) is 0.595. The standard InChI is InChI=1S/C10H10BrNO2/c11-6-5-10-4-2-1-3-7(10)8(13)12-9(10)14/h1-4,7H,5-6H2,(H,12,13,14). The van der Waals surface area contributed by atoms with Crippen LogP contribution in [0.3, 0.4) is 0 Å². The van der Waals surface area contributed by atoms with Crippen molar-refractivity contribution in [2.24, 2.45) is 11.3 Å². The molecule has 14 heavy (non-hydrogen) atoms. The molecule has 3 nitrogen and oxygen atoms in total. The SMILES string of the molecule is O=C1NC(=O)C2(CCBr)C=CC=CC12. The number of fused-ring (bicyclic) bond motifs is 1. The first-order valence-corrected chi connectivity index (χ1v) is 5.60. The number of allylic oxidation sites excluding steroid dienone is 2. The number of hydrogen-bond donors (Lipinski definition) is 1. The molecule has 0 aromatic rings. The topological polar surface area (TPSA) is 46.2 Å². The number of hydrogen-bond acceptors (Lipinski definition) is 2. The number of nitrogens with one attached hydrogen (secondary N) is 1. The first-order valence-electron chi connectivity index (χ1n) is 4.48. The molecule has 1 heterocycles. The van der Waals surface area contributed by atoms with Crippen molar-refractivity contribution in [3.8, 4) is 0 Å². The van der Waals surface area contributed by atoms with Crippen LogP contribution in [0.5, 0.6) is 0 Å². The highest BCUT2D eigenvalue weighted by atomic mass is 79.9. The van der Waals surface area contributed by atoms with Gasteiger partial charge in [-0.15, -0.1) is 0 Å². The van der Waals surface area contributed by atoms with Gasteiger partial charge in [0.25, 0.3) is 0 Å². The third-order valence-electron chi connectivity index (χ3n) is 2.81. The van der Waals surface area contributed by atoms with Crippen molar-refractivity contribution < 1.29 is 9.59 Å². The summed E-state index contributed by atoms with van der Waals surface area (Å²) < 4.78 is 0. The average Bonchev–Trinajstić information content (AvgIpc) is 2.41. The molecule has 1 fully saturated rings. The summed E-state index contributed by atoms with van der Waals surface area (Å²) in [7, 11) is 0. The van der Waals surface area contributed by atoms with Crippen molar-refractivity contribution in [1.82, 2.24) is 5.32 Å². The monoisotopic (exact) mass is 255 g/mol. The van der Waals surface area contributed by atoms with Gasteiger partial charge in [0.15, 0.2) is 0 Å². The van der Waals surface area contributed by atoms with Crippen LogP contribution in [0.25, 0.3) is 0 Å². The second-order valence-electron chi connectivity index (χ2n) is 3.52. The van der Waals surface area contributed by atoms with E-state index >= 15 is 0 Å². The van der Waals surface area contributed by atoms with E-state index in [9.17, 15) is 9.59 Å². The van der Waals surface area contributed by atoms with Gasteiger partial charge in [-0.05, 0) is 6.42 Å². The smallest absolute Gasteiger partial charge is 0.237 e. The molecule has 0 bridgehead atoms. The van der Waals surface area contributed by atoms with E-state index in [1.54, 1.807) is 6.08 Å². The molecule has 1 N–H and O–H groups in total. The number of carbonyl (C=O) groups is 2. The molecule has 2 amide bonds. The number of carbonyl (C=O) groups excluding carboxylic acids is 2. The lowest BCUT2D eigenvalue weighted by atomic mass is 9.73. The molecule has 2 rings (SSSR count). The van der Waals surface area contributed by atoms with Crippen molar-refractivity contribution in [1.29, 1.82) is 0 Å². The number of alkyl halides is 1. The number of halogens is 1. The summed E-state index contributed by atoms with van der Waals surface area (Å²) in [6, 6.07) is 0. The summed E-state index contributed by atoms with van der Waals surface area (Å²) in [5.41, 5.74) is -0.644. The highest BCUT2D eigenvalue weighted by Crippen LogP contribution is 2.41. The molecule has 0 spiro atoms. The van der Waals surface area contributed by atoms with Crippen LogP contribution in [0, 0.1) is 11.3 Å². The summed E-state index contributed by atoms with van der Waals surface area (Å²) in [5.74, 6) is -0.679. The van der Waals surface area contributed by atoms with Gasteiger partial charge < -0.3 is 0 Å². The fourth-order valence-corrected chi connectivity index (χ4v) is 2.69. The summed E-state index contributed by atoms with van der Waals surface area (Å²) in [6.45, 7) is 0. The van der Waals surface area contributed by atoms with E-state index in [1.165, 1.54) is 0 Å². The van der Waals surface area contributed by atoms with Gasteiger partial charge in [0.05, 0.1) is 11.3 Å². The molecule has 0 saturated carbocycles. The van der Waals surface area contributed by atoms with Crippen LogP contribution in [-0.4, -0.2) is 17.1 Å². The zero-order chi connectivity index (χ0) is 10.2. The summed E-state index contributed by atoms with van der Waals surface area (Å²) >= 11 is 3.31. The maximum Gasteiger partial charge on any atom is 0.237 e. The average molecular weight is 256 g/mol. The fraction of sp³-hybridized carbons (Fsp3) is 0.400. The molecule has 74 valence electrons. The van der Waals surface area contributed by atoms with Crippen LogP contribution in [-0.2, 0) is 9.59 Å². The lowest BCUT2D eigenvalue weighted by molar-refractivity contribution is -0.127. The molecule has 2 unspecified atom stereocenters. The predicted molar refractivity (Wildman–Crippen MR) is 55.8 cm³/mol. The summed E-state index contributed by atoms with van der Waals surface area (Å²) in [5, 5.41) is 3.09. The molecule has 1 aliphatic carbocycles. The van der Waals surface area contributed by atoms with Crippen LogP contribution >= 0.6 is 15.9 Å². The minimum Gasteiger partial charge on any atom is -0.295 e.